The number of nitrogens with zero attached hydrogens (tertiary/aromatic N) is 3. The largest absolute Gasteiger partial charge is 0.473 e. The zero-order valence-corrected chi connectivity index (χ0v) is 16.4. The van der Waals surface area contributed by atoms with Gasteiger partial charge in [-0.25, -0.2) is 19.3 Å². The Morgan fingerprint density at radius 1 is 1.32 bits per heavy atom. The van der Waals surface area contributed by atoms with E-state index in [-0.39, 0.29) is 6.10 Å². The highest BCUT2D eigenvalue weighted by Gasteiger charge is 2.45. The summed E-state index contributed by atoms with van der Waals surface area (Å²) in [5.74, 6) is -4.61. The van der Waals surface area contributed by atoms with E-state index in [1.807, 2.05) is 6.07 Å². The third-order valence-corrected chi connectivity index (χ3v) is 4.38. The lowest BCUT2D eigenvalue weighted by molar-refractivity contribution is -0.189. The number of rotatable bonds is 5. The van der Waals surface area contributed by atoms with Gasteiger partial charge >= 0.3 is 11.9 Å². The molecule has 28 heavy (non-hydrogen) atoms. The molecule has 1 aromatic heterocycles. The first-order valence-electron chi connectivity index (χ1n) is 8.33. The SMILES string of the molecule is CCCC1COC(Cn2cncn2)(c2ccc(Cl)cc2Cl)O1.O=C(O)C(=O)O. The molecule has 1 aliphatic heterocycles. The number of hydrogen-bond donors (Lipinski definition) is 2. The molecule has 0 radical (unpaired) electrons. The van der Waals surface area contributed by atoms with Gasteiger partial charge in [0, 0.05) is 10.6 Å². The van der Waals surface area contributed by atoms with E-state index in [2.05, 4.69) is 17.0 Å². The molecule has 152 valence electrons. The van der Waals surface area contributed by atoms with Crippen LogP contribution in [0.3, 0.4) is 0 Å². The van der Waals surface area contributed by atoms with Crippen molar-refractivity contribution in [3.05, 3.63) is 46.5 Å². The monoisotopic (exact) mass is 431 g/mol. The van der Waals surface area contributed by atoms with E-state index in [4.69, 9.17) is 52.5 Å². The number of halogens is 2. The van der Waals surface area contributed by atoms with Crippen LogP contribution in [-0.4, -0.2) is 49.6 Å². The van der Waals surface area contributed by atoms with Crippen LogP contribution in [0.1, 0.15) is 25.3 Å². The number of aliphatic carboxylic acids is 2. The number of aromatic nitrogens is 3. The molecule has 11 heteroatoms. The quantitative estimate of drug-likeness (QED) is 0.692. The molecule has 2 heterocycles. The van der Waals surface area contributed by atoms with Gasteiger partial charge in [-0.15, -0.1) is 0 Å². The Bertz CT molecular complexity index is 805. The first kappa shape index (κ1) is 22.1. The maximum absolute atomic E-state index is 9.10. The molecule has 1 fully saturated rings. The van der Waals surface area contributed by atoms with E-state index < -0.39 is 17.7 Å². The summed E-state index contributed by atoms with van der Waals surface area (Å²) in [5, 5.41) is 20.0. The molecule has 0 aliphatic carbocycles. The maximum Gasteiger partial charge on any atom is 0.414 e. The third kappa shape index (κ3) is 5.65. The van der Waals surface area contributed by atoms with Crippen molar-refractivity contribution < 1.29 is 29.3 Å². The second kappa shape index (κ2) is 9.83. The number of carboxylic acid groups (broad SMARTS) is 2. The van der Waals surface area contributed by atoms with Crippen LogP contribution in [-0.2, 0) is 31.4 Å². The van der Waals surface area contributed by atoms with Gasteiger partial charge in [0.2, 0.25) is 5.79 Å². The molecule has 3 rings (SSSR count). The first-order valence-corrected chi connectivity index (χ1v) is 9.09. The van der Waals surface area contributed by atoms with Crippen molar-refractivity contribution in [3.8, 4) is 0 Å². The normalized spacial score (nSPS) is 21.0. The lowest BCUT2D eigenvalue weighted by atomic mass is 10.1. The van der Waals surface area contributed by atoms with Crippen molar-refractivity contribution in [1.29, 1.82) is 0 Å². The first-order chi connectivity index (χ1) is 13.3. The van der Waals surface area contributed by atoms with E-state index in [0.29, 0.717) is 23.2 Å². The lowest BCUT2D eigenvalue weighted by Gasteiger charge is -2.29. The van der Waals surface area contributed by atoms with Gasteiger partial charge in [-0.3, -0.25) is 0 Å². The minimum atomic E-state index is -1.82. The van der Waals surface area contributed by atoms with Gasteiger partial charge in [0.1, 0.15) is 19.2 Å². The smallest absolute Gasteiger partial charge is 0.414 e. The Balaban J connectivity index is 0.000000409. The third-order valence-electron chi connectivity index (χ3n) is 3.83. The van der Waals surface area contributed by atoms with Gasteiger partial charge in [0.05, 0.1) is 17.7 Å². The zero-order chi connectivity index (χ0) is 20.7. The van der Waals surface area contributed by atoms with Gasteiger partial charge in [-0.2, -0.15) is 5.10 Å². The Morgan fingerprint density at radius 3 is 2.57 bits per heavy atom. The van der Waals surface area contributed by atoms with E-state index >= 15 is 0 Å². The molecule has 2 aromatic rings. The Kier molecular flexibility index (Phi) is 7.76. The standard InChI is InChI=1S/C15H17Cl2N3O2.C2H2O4/c1-2-3-12-7-21-15(22-12,8-20-10-18-9-19-20)13-5-4-11(16)6-14(13)17;3-1(4)2(5)6/h4-6,9-10,12H,2-3,7-8H2,1H3;(H,3,4)(H,5,6). The van der Waals surface area contributed by atoms with Crippen LogP contribution < -0.4 is 0 Å². The molecule has 1 saturated heterocycles. The molecule has 9 nitrogen and oxygen atoms in total. The van der Waals surface area contributed by atoms with Crippen molar-refractivity contribution in [3.63, 3.8) is 0 Å². The number of carboxylic acids is 2. The second-order valence-corrected chi connectivity index (χ2v) is 6.76. The summed E-state index contributed by atoms with van der Waals surface area (Å²) in [6.45, 7) is 3.03. The van der Waals surface area contributed by atoms with Gasteiger partial charge in [-0.1, -0.05) is 42.6 Å². The minimum absolute atomic E-state index is 0.0419. The molecule has 2 unspecified atom stereocenters. The Hall–Kier alpha value is -2.20. The van der Waals surface area contributed by atoms with Crippen LogP contribution >= 0.6 is 23.2 Å². The van der Waals surface area contributed by atoms with Crippen LogP contribution in [0.5, 0.6) is 0 Å². The average molecular weight is 432 g/mol. The molecule has 2 atom stereocenters. The van der Waals surface area contributed by atoms with Gasteiger partial charge in [0.15, 0.2) is 0 Å². The summed E-state index contributed by atoms with van der Waals surface area (Å²) in [7, 11) is 0. The predicted molar refractivity (Wildman–Crippen MR) is 99.2 cm³/mol. The summed E-state index contributed by atoms with van der Waals surface area (Å²) in [6, 6.07) is 5.32. The van der Waals surface area contributed by atoms with E-state index in [1.54, 1.807) is 23.1 Å². The average Bonchev–Trinajstić information content (AvgIpc) is 3.27. The zero-order valence-electron chi connectivity index (χ0n) is 14.9. The number of carbonyl (C=O) groups is 2. The Morgan fingerprint density at radius 2 is 2.04 bits per heavy atom. The fourth-order valence-electron chi connectivity index (χ4n) is 2.66. The fraction of sp³-hybridized carbons (Fsp3) is 0.412. The topological polar surface area (TPSA) is 124 Å². The van der Waals surface area contributed by atoms with Gasteiger partial charge in [-0.05, 0) is 18.6 Å². The van der Waals surface area contributed by atoms with Crippen LogP contribution in [0.4, 0.5) is 0 Å². The van der Waals surface area contributed by atoms with Crippen molar-refractivity contribution in [2.45, 2.75) is 38.2 Å². The molecular formula is C17H19Cl2N3O6. The number of benzene rings is 1. The van der Waals surface area contributed by atoms with Crippen molar-refractivity contribution in [1.82, 2.24) is 14.8 Å². The minimum Gasteiger partial charge on any atom is -0.473 e. The second-order valence-electron chi connectivity index (χ2n) is 5.92. The molecule has 2 N–H and O–H groups in total. The number of ether oxygens (including phenoxy) is 2. The summed E-state index contributed by atoms with van der Waals surface area (Å²) in [4.78, 5) is 22.2. The molecule has 0 spiro atoms. The summed E-state index contributed by atoms with van der Waals surface area (Å²) in [6.07, 6.45) is 5.12. The molecule has 1 aliphatic rings. The van der Waals surface area contributed by atoms with Crippen LogP contribution in [0, 0.1) is 0 Å². The highest BCUT2D eigenvalue weighted by atomic mass is 35.5. The number of hydrogen-bond acceptors (Lipinski definition) is 6. The van der Waals surface area contributed by atoms with Crippen molar-refractivity contribution in [2.24, 2.45) is 0 Å². The summed E-state index contributed by atoms with van der Waals surface area (Å²) in [5.41, 5.74) is 0.757. The molecule has 1 aromatic carbocycles. The van der Waals surface area contributed by atoms with Crippen molar-refractivity contribution >= 4 is 35.1 Å². The Labute approximate surface area is 170 Å². The molecule has 0 saturated carbocycles. The van der Waals surface area contributed by atoms with Crippen LogP contribution in [0.2, 0.25) is 10.0 Å². The molecular weight excluding hydrogens is 413 g/mol. The van der Waals surface area contributed by atoms with E-state index in [9.17, 15) is 0 Å². The van der Waals surface area contributed by atoms with Crippen LogP contribution in [0.25, 0.3) is 0 Å². The van der Waals surface area contributed by atoms with Gasteiger partial charge < -0.3 is 19.7 Å². The molecule has 0 amide bonds. The highest BCUT2D eigenvalue weighted by molar-refractivity contribution is 6.35. The van der Waals surface area contributed by atoms with Crippen LogP contribution in [0.15, 0.2) is 30.9 Å². The fourth-order valence-corrected chi connectivity index (χ4v) is 3.22. The summed E-state index contributed by atoms with van der Waals surface area (Å²) < 4.78 is 14.0. The van der Waals surface area contributed by atoms with Gasteiger partial charge in [0.25, 0.3) is 0 Å². The van der Waals surface area contributed by atoms with E-state index in [1.165, 1.54) is 6.33 Å². The lowest BCUT2D eigenvalue weighted by Crippen LogP contribution is -2.34. The predicted octanol–water partition coefficient (Wildman–Crippen LogP) is 2.81. The van der Waals surface area contributed by atoms with E-state index in [0.717, 1.165) is 18.4 Å². The van der Waals surface area contributed by atoms with Crippen molar-refractivity contribution in [2.75, 3.05) is 6.61 Å². The molecule has 0 bridgehead atoms. The highest BCUT2D eigenvalue weighted by Crippen LogP contribution is 2.41. The summed E-state index contributed by atoms with van der Waals surface area (Å²) >= 11 is 12.4. The maximum atomic E-state index is 9.10.